The van der Waals surface area contributed by atoms with Crippen molar-refractivity contribution in [3.63, 3.8) is 0 Å². The summed E-state index contributed by atoms with van der Waals surface area (Å²) in [5.41, 5.74) is 1.32. The maximum Gasteiger partial charge on any atom is 0.193 e. The summed E-state index contributed by atoms with van der Waals surface area (Å²) >= 11 is 1.82. The average molecular weight is 499 g/mol. The van der Waals surface area contributed by atoms with Crippen molar-refractivity contribution in [2.75, 3.05) is 58.8 Å². The van der Waals surface area contributed by atoms with Crippen molar-refractivity contribution in [3.05, 3.63) is 53.4 Å². The molecule has 3 rings (SSSR count). The maximum atomic E-state index is 4.52. The van der Waals surface area contributed by atoms with E-state index in [2.05, 4.69) is 86.9 Å². The number of thiophene rings is 1. The summed E-state index contributed by atoms with van der Waals surface area (Å²) in [6.07, 6.45) is 0. The van der Waals surface area contributed by atoms with Gasteiger partial charge in [-0.3, -0.25) is 4.99 Å². The Hall–Kier alpha value is -1.32. The van der Waals surface area contributed by atoms with Gasteiger partial charge < -0.3 is 20.0 Å². The van der Waals surface area contributed by atoms with Gasteiger partial charge in [0.1, 0.15) is 0 Å². The smallest absolute Gasteiger partial charge is 0.193 e. The van der Waals surface area contributed by atoms with Crippen molar-refractivity contribution in [2.24, 2.45) is 4.99 Å². The number of guanidine groups is 1. The largest absolute Gasteiger partial charge is 0.360 e. The van der Waals surface area contributed by atoms with Gasteiger partial charge in [-0.1, -0.05) is 30.3 Å². The van der Waals surface area contributed by atoms with Crippen LogP contribution in [0.15, 0.2) is 52.8 Å². The molecule has 1 saturated heterocycles. The highest BCUT2D eigenvalue weighted by Gasteiger charge is 2.21. The van der Waals surface area contributed by atoms with Crippen LogP contribution in [0.3, 0.4) is 0 Å². The summed E-state index contributed by atoms with van der Waals surface area (Å²) in [6.45, 7) is 4.91. The minimum Gasteiger partial charge on any atom is -0.360 e. The van der Waals surface area contributed by atoms with Gasteiger partial charge in [-0.2, -0.15) is 0 Å². The Labute approximate surface area is 184 Å². The summed E-state index contributed by atoms with van der Waals surface area (Å²) in [6, 6.07) is 15.3. The fourth-order valence-electron chi connectivity index (χ4n) is 3.38. The van der Waals surface area contributed by atoms with E-state index in [-0.39, 0.29) is 24.0 Å². The van der Waals surface area contributed by atoms with Gasteiger partial charge in [0.05, 0.1) is 11.0 Å². The number of halogens is 1. The molecule has 27 heavy (non-hydrogen) atoms. The molecule has 7 heteroatoms. The molecule has 1 unspecified atom stereocenters. The van der Waals surface area contributed by atoms with Crippen molar-refractivity contribution in [1.29, 1.82) is 0 Å². The van der Waals surface area contributed by atoms with E-state index >= 15 is 0 Å². The molecule has 5 nitrogen and oxygen atoms in total. The quantitative estimate of drug-likeness (QED) is 0.389. The van der Waals surface area contributed by atoms with Gasteiger partial charge >= 0.3 is 0 Å². The number of aliphatic imine (C=N–C) groups is 1. The number of anilines is 1. The van der Waals surface area contributed by atoms with Crippen LogP contribution < -0.4 is 10.2 Å². The fourth-order valence-corrected chi connectivity index (χ4v) is 4.17. The second-order valence-corrected chi connectivity index (χ2v) is 7.67. The number of nitrogens with one attached hydrogen (secondary N) is 1. The molecule has 1 aliphatic rings. The van der Waals surface area contributed by atoms with Crippen molar-refractivity contribution in [1.82, 2.24) is 15.1 Å². The third-order valence-corrected chi connectivity index (χ3v) is 5.80. The highest BCUT2D eigenvalue weighted by molar-refractivity contribution is 14.0. The van der Waals surface area contributed by atoms with Crippen LogP contribution >= 0.6 is 35.3 Å². The topological polar surface area (TPSA) is 34.1 Å². The Morgan fingerprint density at radius 3 is 2.37 bits per heavy atom. The number of benzene rings is 1. The number of rotatable bonds is 5. The minimum absolute atomic E-state index is 0. The summed E-state index contributed by atoms with van der Waals surface area (Å²) in [4.78, 5) is 11.6. The molecule has 0 amide bonds. The lowest BCUT2D eigenvalue weighted by Gasteiger charge is -2.37. The normalized spacial score (nSPS) is 16.2. The van der Waals surface area contributed by atoms with E-state index in [9.17, 15) is 0 Å². The highest BCUT2D eigenvalue weighted by atomic mass is 127. The molecule has 0 radical (unpaired) electrons. The molecule has 0 spiro atoms. The molecule has 0 saturated carbocycles. The van der Waals surface area contributed by atoms with Crippen molar-refractivity contribution in [3.8, 4) is 0 Å². The van der Waals surface area contributed by atoms with E-state index in [1.54, 1.807) is 0 Å². The zero-order valence-corrected chi connectivity index (χ0v) is 19.5. The second kappa shape index (κ2) is 10.9. The van der Waals surface area contributed by atoms with Gasteiger partial charge in [0.15, 0.2) is 5.96 Å². The third-order valence-electron chi connectivity index (χ3n) is 4.87. The lowest BCUT2D eigenvalue weighted by Crippen LogP contribution is -2.53. The fraction of sp³-hybridized carbons (Fsp3) is 0.450. The molecule has 1 atom stereocenters. The van der Waals surface area contributed by atoms with Crippen LogP contribution in [0.25, 0.3) is 0 Å². The minimum atomic E-state index is 0. The van der Waals surface area contributed by atoms with Gasteiger partial charge in [-0.05, 0) is 37.2 Å². The maximum absolute atomic E-state index is 4.52. The Balaban J connectivity index is 0.00000261. The summed E-state index contributed by atoms with van der Waals surface area (Å²) in [7, 11) is 6.13. The van der Waals surface area contributed by atoms with Crippen molar-refractivity contribution >= 4 is 46.3 Å². The number of likely N-dealkylation sites (N-methyl/N-ethyl adjacent to an activating group) is 1. The van der Waals surface area contributed by atoms with Gasteiger partial charge in [-0.15, -0.1) is 35.3 Å². The zero-order valence-electron chi connectivity index (χ0n) is 16.3. The van der Waals surface area contributed by atoms with Crippen LogP contribution in [0.5, 0.6) is 0 Å². The van der Waals surface area contributed by atoms with Gasteiger partial charge in [-0.25, -0.2) is 0 Å². The molecule has 2 aromatic rings. The number of hydrogen-bond donors (Lipinski definition) is 1. The Kier molecular flexibility index (Phi) is 8.85. The van der Waals surface area contributed by atoms with Gasteiger partial charge in [0.2, 0.25) is 0 Å². The Morgan fingerprint density at radius 1 is 1.11 bits per heavy atom. The predicted molar refractivity (Wildman–Crippen MR) is 128 cm³/mol. The van der Waals surface area contributed by atoms with E-state index in [1.165, 1.54) is 10.6 Å². The lowest BCUT2D eigenvalue weighted by atomic mass is 10.1. The summed E-state index contributed by atoms with van der Waals surface area (Å²) < 4.78 is 0. The molecular formula is C20H30IN5S. The van der Waals surface area contributed by atoms with E-state index < -0.39 is 0 Å². The first-order valence-electron chi connectivity index (χ1n) is 9.14. The summed E-state index contributed by atoms with van der Waals surface area (Å²) in [5.74, 6) is 0.999. The third kappa shape index (κ3) is 5.83. The monoisotopic (exact) mass is 499 g/mol. The number of hydrogen-bond acceptors (Lipinski definition) is 4. The first-order chi connectivity index (χ1) is 12.7. The standard InChI is InChI=1S/C20H29N5S.HI/c1-21-20(22-16-18(23(2)3)17-8-5-4-6-9-17)25-13-11-24(12-14-25)19-10-7-15-26-19;/h4-10,15,18H,11-14,16H2,1-3H3,(H,21,22);1H. The van der Waals surface area contributed by atoms with Crippen LogP contribution in [0, 0.1) is 0 Å². The van der Waals surface area contributed by atoms with Crippen molar-refractivity contribution in [2.45, 2.75) is 6.04 Å². The Bertz CT molecular complexity index is 682. The molecule has 1 N–H and O–H groups in total. The van der Waals surface area contributed by atoms with E-state index in [4.69, 9.17) is 0 Å². The lowest BCUT2D eigenvalue weighted by molar-refractivity contribution is 0.292. The molecule has 2 heterocycles. The molecule has 148 valence electrons. The zero-order chi connectivity index (χ0) is 18.4. The first-order valence-corrected chi connectivity index (χ1v) is 10.0. The van der Waals surface area contributed by atoms with Crippen LogP contribution in [-0.4, -0.2) is 69.6 Å². The summed E-state index contributed by atoms with van der Waals surface area (Å²) in [5, 5.41) is 7.10. The molecular weight excluding hydrogens is 469 g/mol. The molecule has 0 aliphatic carbocycles. The van der Waals surface area contributed by atoms with Crippen LogP contribution in [0.2, 0.25) is 0 Å². The van der Waals surface area contributed by atoms with Crippen LogP contribution in [0.1, 0.15) is 11.6 Å². The van der Waals surface area contributed by atoms with E-state index in [0.29, 0.717) is 6.04 Å². The molecule has 1 aliphatic heterocycles. The first kappa shape index (κ1) is 22.0. The van der Waals surface area contributed by atoms with Gasteiger partial charge in [0, 0.05) is 39.8 Å². The number of nitrogens with zero attached hydrogens (tertiary/aromatic N) is 4. The number of piperazine rings is 1. The van der Waals surface area contributed by atoms with Crippen molar-refractivity contribution < 1.29 is 0 Å². The molecule has 1 aromatic heterocycles. The van der Waals surface area contributed by atoms with E-state index in [0.717, 1.165) is 38.7 Å². The van der Waals surface area contributed by atoms with Crippen LogP contribution in [0.4, 0.5) is 5.00 Å². The second-order valence-electron chi connectivity index (χ2n) is 6.74. The van der Waals surface area contributed by atoms with Gasteiger partial charge in [0.25, 0.3) is 0 Å². The molecule has 1 fully saturated rings. The average Bonchev–Trinajstić information content (AvgIpc) is 3.21. The molecule has 0 bridgehead atoms. The van der Waals surface area contributed by atoms with E-state index in [1.807, 2.05) is 18.4 Å². The highest BCUT2D eigenvalue weighted by Crippen LogP contribution is 2.22. The van der Waals surface area contributed by atoms with Crippen LogP contribution in [-0.2, 0) is 0 Å². The Morgan fingerprint density at radius 2 is 1.81 bits per heavy atom. The SMILES string of the molecule is CN=C(NCC(c1ccccc1)N(C)C)N1CCN(c2cccs2)CC1.I. The predicted octanol–water partition coefficient (Wildman–Crippen LogP) is 3.37. The molecule has 1 aromatic carbocycles.